The van der Waals surface area contributed by atoms with E-state index in [1.54, 1.807) is 13.8 Å². The number of hydrogen-bond acceptors (Lipinski definition) is 6. The van der Waals surface area contributed by atoms with E-state index in [2.05, 4.69) is 5.32 Å². The van der Waals surface area contributed by atoms with Crippen LogP contribution in [0, 0.1) is 0 Å². The predicted octanol–water partition coefficient (Wildman–Crippen LogP) is 6.32. The highest BCUT2D eigenvalue weighted by molar-refractivity contribution is 6.74. The van der Waals surface area contributed by atoms with E-state index < -0.39 is 76.8 Å². The normalized spacial score (nSPS) is 26.8. The minimum absolute atomic E-state index is 0.407. The Labute approximate surface area is 238 Å². The lowest BCUT2D eigenvalue weighted by atomic mass is 9.84. The number of rotatable bonds is 13. The first-order valence-electron chi connectivity index (χ1n) is 14.2. The molecule has 234 valence electrons. The molecule has 0 aromatic rings. The van der Waals surface area contributed by atoms with Crippen LogP contribution in [0.2, 0.25) is 36.3 Å². The first-order valence-corrected chi connectivity index (χ1v) is 19.3. The van der Waals surface area contributed by atoms with E-state index in [1.807, 2.05) is 41.5 Å². The van der Waals surface area contributed by atoms with Crippen molar-refractivity contribution in [3.05, 3.63) is 0 Å². The molecule has 8 nitrogen and oxygen atoms in total. The van der Waals surface area contributed by atoms with Crippen LogP contribution in [0.4, 0.5) is 22.4 Å². The number of carbonyl (C=O) groups is 3. The lowest BCUT2D eigenvalue weighted by Crippen LogP contribution is -2.79. The minimum atomic E-state index is -2.88. The molecule has 2 heterocycles. The van der Waals surface area contributed by atoms with Crippen molar-refractivity contribution < 1.29 is 45.5 Å². The fraction of sp³-hybridized carbons (Fsp3) is 0.885. The molecule has 40 heavy (non-hydrogen) atoms. The van der Waals surface area contributed by atoms with Crippen molar-refractivity contribution in [1.82, 2.24) is 10.2 Å². The van der Waals surface area contributed by atoms with Crippen molar-refractivity contribution in [2.45, 2.75) is 148 Å². The van der Waals surface area contributed by atoms with Crippen LogP contribution >= 0.6 is 0 Å². The van der Waals surface area contributed by atoms with Crippen LogP contribution in [0.25, 0.3) is 0 Å². The van der Waals surface area contributed by atoms with Gasteiger partial charge in [0.05, 0.1) is 6.10 Å². The largest absolute Gasteiger partial charge is 0.446 e. The van der Waals surface area contributed by atoms with Gasteiger partial charge in [-0.3, -0.25) is 9.59 Å². The van der Waals surface area contributed by atoms with E-state index in [1.165, 1.54) is 13.8 Å². The average Bonchev–Trinajstić information content (AvgIpc) is 2.90. The molecule has 0 spiro atoms. The molecule has 0 aromatic heterocycles. The van der Waals surface area contributed by atoms with Crippen LogP contribution in [-0.4, -0.2) is 81.7 Å². The van der Waals surface area contributed by atoms with Gasteiger partial charge in [0.15, 0.2) is 27.8 Å². The predicted molar refractivity (Wildman–Crippen MR) is 150 cm³/mol. The highest BCUT2D eigenvalue weighted by atomic mass is 28.4. The zero-order chi connectivity index (χ0) is 31.3. The van der Waals surface area contributed by atoms with Gasteiger partial charge in [-0.05, 0) is 64.0 Å². The summed E-state index contributed by atoms with van der Waals surface area (Å²) in [6, 6.07) is 1.97. The average molecular weight is 617 g/mol. The van der Waals surface area contributed by atoms with Crippen LogP contribution in [0.1, 0.15) is 69.2 Å². The maximum Gasteiger partial charge on any atom is 0.417 e. The quantitative estimate of drug-likeness (QED) is 0.148. The first kappa shape index (κ1) is 36.5. The van der Waals surface area contributed by atoms with Crippen LogP contribution < -0.4 is 5.32 Å². The topological polar surface area (TPSA) is 94.2 Å². The molecular weight excluding hydrogens is 568 g/mol. The summed E-state index contributed by atoms with van der Waals surface area (Å²) in [5.41, 5.74) is -2.99. The van der Waals surface area contributed by atoms with Gasteiger partial charge in [-0.15, -0.1) is 0 Å². The zero-order valence-electron chi connectivity index (χ0n) is 25.5. The summed E-state index contributed by atoms with van der Waals surface area (Å²) in [5, 5.41) is 2.24. The molecule has 14 heteroatoms. The lowest BCUT2D eigenvalue weighted by Gasteiger charge is -2.54. The third kappa shape index (κ3) is 7.09. The molecular formula is C26H48F4N2O6Si2. The summed E-state index contributed by atoms with van der Waals surface area (Å²) in [4.78, 5) is 36.4. The lowest BCUT2D eigenvalue weighted by molar-refractivity contribution is -0.194. The minimum Gasteiger partial charge on any atom is -0.446 e. The van der Waals surface area contributed by atoms with Crippen LogP contribution in [-0.2, 0) is 23.2 Å². The van der Waals surface area contributed by atoms with Gasteiger partial charge in [-0.25, -0.2) is 27.3 Å². The van der Waals surface area contributed by atoms with E-state index >= 15 is 0 Å². The number of nitrogens with one attached hydrogen (secondary N) is 1. The van der Waals surface area contributed by atoms with Gasteiger partial charge < -0.3 is 18.9 Å². The molecule has 1 N–H and O–H groups in total. The molecule has 0 radical (unpaired) electrons. The summed E-state index contributed by atoms with van der Waals surface area (Å²) in [7, 11) is -4.33. The standard InChI is InChI=1S/C15H27F2NO4Si.C11H21F2NO2Si/c1-7-23(8-2,9-3)22-15(6)11(12(16)17)18(13(15)19)14(20)21-10(4)5;1-5-17(6-2,7-3)16-11(4)8(9(12)13)14-10(11)15/h10-12H,7-9H2,1-6H3;8-9H,5-7H2,1-4H3,(H,14,15)/t11-,15+;8-,11+/m00/s1. The van der Waals surface area contributed by atoms with Crippen molar-refractivity contribution in [1.29, 1.82) is 0 Å². The van der Waals surface area contributed by atoms with Gasteiger partial charge in [0, 0.05) is 0 Å². The molecule has 2 aliphatic rings. The number of imide groups is 1. The molecule has 4 atom stereocenters. The summed E-state index contributed by atoms with van der Waals surface area (Å²) in [6.45, 7) is 17.9. The number of likely N-dealkylation sites (tertiary alicyclic amines) is 1. The monoisotopic (exact) mass is 616 g/mol. The number of alkyl halides is 4. The Morgan fingerprint density at radius 3 is 1.52 bits per heavy atom. The maximum atomic E-state index is 13.5. The van der Waals surface area contributed by atoms with E-state index in [-0.39, 0.29) is 0 Å². The highest BCUT2D eigenvalue weighted by Crippen LogP contribution is 2.43. The van der Waals surface area contributed by atoms with Gasteiger partial charge in [-0.1, -0.05) is 41.5 Å². The van der Waals surface area contributed by atoms with E-state index in [0.29, 0.717) is 4.90 Å². The van der Waals surface area contributed by atoms with Crippen molar-refractivity contribution in [3.8, 4) is 0 Å². The number of ether oxygens (including phenoxy) is 1. The van der Waals surface area contributed by atoms with Crippen molar-refractivity contribution >= 4 is 34.5 Å². The maximum absolute atomic E-state index is 13.5. The van der Waals surface area contributed by atoms with Crippen LogP contribution in [0.15, 0.2) is 0 Å². The Morgan fingerprint density at radius 1 is 0.825 bits per heavy atom. The number of carbonyl (C=O) groups excluding carboxylic acids is 3. The molecule has 3 amide bonds. The number of nitrogens with zero attached hydrogens (tertiary/aromatic N) is 1. The zero-order valence-corrected chi connectivity index (χ0v) is 27.5. The fourth-order valence-corrected chi connectivity index (χ4v) is 11.4. The Morgan fingerprint density at radius 2 is 1.23 bits per heavy atom. The van der Waals surface area contributed by atoms with Gasteiger partial charge in [0.1, 0.15) is 12.1 Å². The summed E-state index contributed by atoms with van der Waals surface area (Å²) in [6.07, 6.45) is -6.98. The van der Waals surface area contributed by atoms with Gasteiger partial charge in [-0.2, -0.15) is 0 Å². The van der Waals surface area contributed by atoms with Gasteiger partial charge in [0.25, 0.3) is 24.7 Å². The molecule has 0 saturated carbocycles. The first-order chi connectivity index (χ1) is 18.4. The van der Waals surface area contributed by atoms with Gasteiger partial charge >= 0.3 is 6.09 Å². The fourth-order valence-electron chi connectivity index (χ4n) is 5.32. The molecule has 0 aliphatic carbocycles. The molecule has 2 aliphatic heterocycles. The summed E-state index contributed by atoms with van der Waals surface area (Å²) < 4.78 is 69.4. The third-order valence-corrected chi connectivity index (χ3v) is 18.0. The molecule has 0 bridgehead atoms. The smallest absolute Gasteiger partial charge is 0.417 e. The second kappa shape index (κ2) is 14.1. The summed E-state index contributed by atoms with van der Waals surface area (Å²) >= 11 is 0. The molecule has 0 unspecified atom stereocenters. The number of halogens is 4. The number of hydrogen-bond donors (Lipinski definition) is 1. The van der Waals surface area contributed by atoms with Crippen molar-refractivity contribution in [3.63, 3.8) is 0 Å². The number of β-lactam (4-membered cyclic amide) rings is 2. The molecule has 2 fully saturated rings. The molecule has 2 saturated heterocycles. The highest BCUT2D eigenvalue weighted by Gasteiger charge is 2.67. The Hall–Kier alpha value is -1.52. The van der Waals surface area contributed by atoms with Gasteiger partial charge in [0.2, 0.25) is 0 Å². The number of amides is 3. The Bertz CT molecular complexity index is 875. The second-order valence-electron chi connectivity index (χ2n) is 11.1. The van der Waals surface area contributed by atoms with E-state index in [9.17, 15) is 31.9 Å². The second-order valence-corrected chi connectivity index (χ2v) is 20.5. The Balaban J connectivity index is 0.000000418. The van der Waals surface area contributed by atoms with E-state index in [0.717, 1.165) is 36.3 Å². The van der Waals surface area contributed by atoms with Crippen LogP contribution in [0.3, 0.4) is 0 Å². The molecule has 2 rings (SSSR count). The molecule has 0 aromatic carbocycles. The van der Waals surface area contributed by atoms with E-state index in [4.69, 9.17) is 13.6 Å². The third-order valence-electron chi connectivity index (χ3n) is 8.56. The van der Waals surface area contributed by atoms with Crippen molar-refractivity contribution in [2.24, 2.45) is 0 Å². The van der Waals surface area contributed by atoms with Crippen molar-refractivity contribution in [2.75, 3.05) is 0 Å². The Kier molecular flexibility index (Phi) is 12.9. The SMILES string of the molecule is CC[Si](CC)(CC)O[C@@]1(C)C(=O)N(C(=O)OC(C)C)[C@H]1C(F)F.CC[Si](CC)(CC)O[C@@]1(C)C(=O)N[C@H]1C(F)F. The van der Waals surface area contributed by atoms with Crippen LogP contribution in [0.5, 0.6) is 0 Å². The summed E-state index contributed by atoms with van der Waals surface area (Å²) in [5.74, 6) is -1.14.